The number of hydrogen-bond donors (Lipinski definition) is 0. The van der Waals surface area contributed by atoms with Crippen LogP contribution in [0.15, 0.2) is 36.4 Å². The van der Waals surface area contributed by atoms with Crippen molar-refractivity contribution in [2.45, 2.75) is 99.3 Å². The van der Waals surface area contributed by atoms with Gasteiger partial charge >= 0.3 is 11.9 Å². The number of carbonyl (C=O) groups excluding carboxylic acids is 2. The lowest BCUT2D eigenvalue weighted by atomic mass is 10.1. The summed E-state index contributed by atoms with van der Waals surface area (Å²) in [5, 5.41) is 0. The minimum Gasteiger partial charge on any atom is -1.00 e. The molecule has 5 nitrogen and oxygen atoms in total. The van der Waals surface area contributed by atoms with Crippen molar-refractivity contribution in [1.82, 2.24) is 0 Å². The molecule has 0 spiro atoms. The minimum atomic E-state index is -0.136. The molecule has 0 heterocycles. The Morgan fingerprint density at radius 3 is 1.54 bits per heavy atom. The molecule has 0 saturated carbocycles. The van der Waals surface area contributed by atoms with Gasteiger partial charge in [-0.25, -0.2) is 4.79 Å². The molecule has 0 radical (unpaired) electrons. The molecule has 0 bridgehead atoms. The molecule has 39 heavy (non-hydrogen) atoms. The van der Waals surface area contributed by atoms with E-state index in [-0.39, 0.29) is 28.9 Å². The van der Waals surface area contributed by atoms with Crippen molar-refractivity contribution in [1.29, 1.82) is 0 Å². The number of unbranched alkanes of at least 4 members (excludes halogenated alkanes) is 6. The summed E-state index contributed by atoms with van der Waals surface area (Å²) < 4.78 is 12.2. The lowest BCUT2D eigenvalue weighted by Crippen LogP contribution is -3.00. The first-order chi connectivity index (χ1) is 18.2. The molecule has 0 aliphatic heterocycles. The molecule has 0 aliphatic rings. The molecule has 2 aromatic carbocycles. The van der Waals surface area contributed by atoms with Crippen molar-refractivity contribution in [3.63, 3.8) is 0 Å². The summed E-state index contributed by atoms with van der Waals surface area (Å²) in [6.07, 6.45) is 9.25. The highest BCUT2D eigenvalue weighted by Crippen LogP contribution is 2.24. The maximum atomic E-state index is 12.9. The van der Waals surface area contributed by atoms with E-state index in [9.17, 15) is 9.59 Å². The number of rotatable bonds is 17. The lowest BCUT2D eigenvalue weighted by molar-refractivity contribution is -0.919. The van der Waals surface area contributed by atoms with E-state index < -0.39 is 0 Å². The summed E-state index contributed by atoms with van der Waals surface area (Å²) >= 11 is 0. The molecule has 1 atom stereocenters. The van der Waals surface area contributed by atoms with E-state index in [1.165, 1.54) is 19.3 Å². The minimum absolute atomic E-state index is 0. The first kappa shape index (κ1) is 34.8. The number of para-hydroxylation sites is 2. The van der Waals surface area contributed by atoms with Gasteiger partial charge in [0.05, 0.1) is 19.6 Å². The number of halogens is 1. The van der Waals surface area contributed by atoms with E-state index in [1.807, 2.05) is 64.1 Å². The Bertz CT molecular complexity index is 998. The van der Waals surface area contributed by atoms with Crippen molar-refractivity contribution in [2.24, 2.45) is 0 Å². The number of likely N-dealkylation sites (N-methyl/N-ethyl adjacent to an activating group) is 1. The van der Waals surface area contributed by atoms with Gasteiger partial charge in [-0.1, -0.05) is 69.0 Å². The molecule has 0 aliphatic carbocycles. The number of aryl methyl sites for hydroxylation is 4. The van der Waals surface area contributed by atoms with E-state index in [0.29, 0.717) is 24.5 Å². The quantitative estimate of drug-likeness (QED) is 0.113. The average Bonchev–Trinajstić information content (AvgIpc) is 2.87. The van der Waals surface area contributed by atoms with Crippen LogP contribution in [0.25, 0.3) is 0 Å². The standard InChI is InChI=1S/C33H50NO4.BrH/c1-7-23-34(8-2,25-31(36)38-33-28(5)20-17-21-29(33)6)24-15-13-11-9-10-12-14-22-30(35)37-32-26(3)18-16-19-27(32)4;/h16-21H,7-15,22-25H2,1-6H3;1H/q+1;/p-1. The van der Waals surface area contributed by atoms with E-state index >= 15 is 0 Å². The van der Waals surface area contributed by atoms with Gasteiger partial charge in [0.25, 0.3) is 0 Å². The third-order valence-corrected chi connectivity index (χ3v) is 7.60. The van der Waals surface area contributed by atoms with Crippen LogP contribution in [0.3, 0.4) is 0 Å². The number of benzene rings is 2. The smallest absolute Gasteiger partial charge is 0.367 e. The zero-order valence-corrected chi connectivity index (χ0v) is 26.7. The van der Waals surface area contributed by atoms with Crippen LogP contribution in [0, 0.1) is 27.7 Å². The van der Waals surface area contributed by atoms with Gasteiger partial charge in [0.15, 0.2) is 6.54 Å². The summed E-state index contributed by atoms with van der Waals surface area (Å²) in [4.78, 5) is 25.1. The Hall–Kier alpha value is -2.18. The molecule has 0 amide bonds. The molecule has 2 rings (SSSR count). The zero-order valence-electron chi connectivity index (χ0n) is 25.1. The van der Waals surface area contributed by atoms with Crippen LogP contribution in [0.4, 0.5) is 0 Å². The Balaban J connectivity index is 0.00000760. The van der Waals surface area contributed by atoms with Gasteiger partial charge in [-0.15, -0.1) is 0 Å². The van der Waals surface area contributed by atoms with Gasteiger partial charge in [0, 0.05) is 6.42 Å². The summed E-state index contributed by atoms with van der Waals surface area (Å²) in [6, 6.07) is 11.9. The fraction of sp³-hybridized carbons (Fsp3) is 0.576. The maximum Gasteiger partial charge on any atom is 0.367 e. The molecule has 0 fully saturated rings. The highest BCUT2D eigenvalue weighted by atomic mass is 79.9. The molecule has 0 saturated heterocycles. The van der Waals surface area contributed by atoms with Crippen LogP contribution in [0.2, 0.25) is 0 Å². The number of hydrogen-bond acceptors (Lipinski definition) is 4. The molecule has 218 valence electrons. The topological polar surface area (TPSA) is 52.6 Å². The first-order valence-corrected chi connectivity index (χ1v) is 14.6. The van der Waals surface area contributed by atoms with Crippen LogP contribution in [-0.4, -0.2) is 42.6 Å². The molecule has 0 N–H and O–H groups in total. The Morgan fingerprint density at radius 2 is 1.08 bits per heavy atom. The molecular formula is C33H50BrNO4. The molecule has 6 heteroatoms. The van der Waals surface area contributed by atoms with E-state index in [4.69, 9.17) is 9.47 Å². The Morgan fingerprint density at radius 1 is 0.641 bits per heavy atom. The molecule has 0 aromatic heterocycles. The Kier molecular flexibility index (Phi) is 16.3. The van der Waals surface area contributed by atoms with Gasteiger partial charge in [-0.05, 0) is 82.6 Å². The highest BCUT2D eigenvalue weighted by molar-refractivity contribution is 5.74. The summed E-state index contributed by atoms with van der Waals surface area (Å²) in [5.74, 6) is 1.15. The molecular weight excluding hydrogens is 554 g/mol. The van der Waals surface area contributed by atoms with Crippen molar-refractivity contribution >= 4 is 11.9 Å². The highest BCUT2D eigenvalue weighted by Gasteiger charge is 2.29. The van der Waals surface area contributed by atoms with Crippen molar-refractivity contribution in [2.75, 3.05) is 26.2 Å². The lowest BCUT2D eigenvalue weighted by Gasteiger charge is -2.37. The fourth-order valence-corrected chi connectivity index (χ4v) is 5.28. The van der Waals surface area contributed by atoms with Gasteiger partial charge in [0.1, 0.15) is 11.5 Å². The summed E-state index contributed by atoms with van der Waals surface area (Å²) in [5.41, 5.74) is 4.01. The fourth-order valence-electron chi connectivity index (χ4n) is 5.28. The number of nitrogens with zero attached hydrogens (tertiary/aromatic N) is 1. The first-order valence-electron chi connectivity index (χ1n) is 14.6. The summed E-state index contributed by atoms with van der Waals surface area (Å²) in [6.45, 7) is 15.7. The second kappa shape index (κ2) is 18.2. The predicted molar refractivity (Wildman–Crippen MR) is 156 cm³/mol. The van der Waals surface area contributed by atoms with E-state index in [1.54, 1.807) is 0 Å². The zero-order chi connectivity index (χ0) is 28.0. The third-order valence-electron chi connectivity index (χ3n) is 7.60. The number of ether oxygens (including phenoxy) is 2. The second-order valence-corrected chi connectivity index (χ2v) is 10.9. The largest absolute Gasteiger partial charge is 1.00 e. The van der Waals surface area contributed by atoms with Crippen molar-refractivity contribution < 1.29 is 40.5 Å². The van der Waals surface area contributed by atoms with Crippen LogP contribution in [-0.2, 0) is 9.59 Å². The number of quaternary nitrogens is 1. The van der Waals surface area contributed by atoms with Crippen LogP contribution in [0.1, 0.15) is 93.9 Å². The number of esters is 2. The van der Waals surface area contributed by atoms with Crippen LogP contribution < -0.4 is 26.5 Å². The third kappa shape index (κ3) is 11.8. The maximum absolute atomic E-state index is 12.9. The van der Waals surface area contributed by atoms with E-state index in [2.05, 4.69) is 13.8 Å². The molecule has 1 unspecified atom stereocenters. The van der Waals surface area contributed by atoms with Gasteiger partial charge in [-0.2, -0.15) is 0 Å². The van der Waals surface area contributed by atoms with Gasteiger partial charge in [0.2, 0.25) is 0 Å². The Labute approximate surface area is 247 Å². The normalized spacial score (nSPS) is 12.4. The average molecular weight is 605 g/mol. The van der Waals surface area contributed by atoms with Crippen LogP contribution >= 0.6 is 0 Å². The monoisotopic (exact) mass is 603 g/mol. The van der Waals surface area contributed by atoms with Gasteiger partial charge in [-0.3, -0.25) is 4.79 Å². The predicted octanol–water partition coefficient (Wildman–Crippen LogP) is 4.80. The van der Waals surface area contributed by atoms with Crippen LogP contribution in [0.5, 0.6) is 11.5 Å². The second-order valence-electron chi connectivity index (χ2n) is 10.9. The SMILES string of the molecule is CCC[N+](CC)(CCCCCCCCCC(=O)Oc1c(C)cccc1C)CC(=O)Oc1c(C)cccc1C.[Br-]. The van der Waals surface area contributed by atoms with E-state index in [0.717, 1.165) is 78.5 Å². The van der Waals surface area contributed by atoms with Gasteiger partial charge < -0.3 is 30.9 Å². The number of carbonyl (C=O) groups is 2. The van der Waals surface area contributed by atoms with Crippen molar-refractivity contribution in [3.8, 4) is 11.5 Å². The van der Waals surface area contributed by atoms with Crippen molar-refractivity contribution in [3.05, 3.63) is 58.7 Å². The summed E-state index contributed by atoms with van der Waals surface area (Å²) in [7, 11) is 0. The molecule has 2 aromatic rings.